The predicted octanol–water partition coefficient (Wildman–Crippen LogP) is 1.53. The Morgan fingerprint density at radius 2 is 1.62 bits per heavy atom. The number of alkyl halides is 3. The first-order valence-corrected chi connectivity index (χ1v) is 9.42. The summed E-state index contributed by atoms with van der Waals surface area (Å²) in [6, 6.07) is 6.32. The van der Waals surface area contributed by atoms with Crippen molar-refractivity contribution in [3.8, 4) is 0 Å². The Bertz CT molecular complexity index is 753. The SMILES string of the molecule is Cc1ccc(S(=O)(=O)N2CCN(C(=O)C[C@@](C)(O)C(F)(F)F)CC2)cc1. The lowest BCUT2D eigenvalue weighted by molar-refractivity contribution is -0.254. The summed E-state index contributed by atoms with van der Waals surface area (Å²) in [5.74, 6) is -0.861. The van der Waals surface area contributed by atoms with Gasteiger partial charge in [0.15, 0.2) is 5.60 Å². The number of halogens is 3. The zero-order chi connectivity index (χ0) is 19.8. The van der Waals surface area contributed by atoms with Crippen LogP contribution < -0.4 is 0 Å². The second-order valence-corrected chi connectivity index (χ2v) is 8.48. The van der Waals surface area contributed by atoms with Gasteiger partial charge in [0.2, 0.25) is 15.9 Å². The molecule has 2 rings (SSSR count). The van der Waals surface area contributed by atoms with Crippen molar-refractivity contribution >= 4 is 15.9 Å². The second kappa shape index (κ2) is 7.16. The Morgan fingerprint density at radius 1 is 1.12 bits per heavy atom. The quantitative estimate of drug-likeness (QED) is 0.840. The Labute approximate surface area is 150 Å². The molecule has 26 heavy (non-hydrogen) atoms. The van der Waals surface area contributed by atoms with Crippen LogP contribution >= 0.6 is 0 Å². The number of rotatable bonds is 4. The molecule has 1 aromatic carbocycles. The summed E-state index contributed by atoms with van der Waals surface area (Å²) in [6.07, 6.45) is -6.01. The van der Waals surface area contributed by atoms with Crippen molar-refractivity contribution in [2.24, 2.45) is 0 Å². The van der Waals surface area contributed by atoms with Crippen molar-refractivity contribution in [3.05, 3.63) is 29.8 Å². The minimum absolute atomic E-state index is 0.0177. The van der Waals surface area contributed by atoms with Gasteiger partial charge in [-0.05, 0) is 26.0 Å². The van der Waals surface area contributed by atoms with Gasteiger partial charge in [-0.15, -0.1) is 0 Å². The van der Waals surface area contributed by atoms with Crippen LogP contribution in [0.15, 0.2) is 29.2 Å². The molecule has 1 aromatic rings. The minimum atomic E-state index is -4.92. The van der Waals surface area contributed by atoms with Crippen molar-refractivity contribution in [2.45, 2.75) is 36.9 Å². The lowest BCUT2D eigenvalue weighted by Gasteiger charge is -2.35. The molecular weight excluding hydrogens is 373 g/mol. The standard InChI is InChI=1S/C16H21F3N2O4S/c1-12-3-5-13(6-4-12)26(24,25)21-9-7-20(8-10-21)14(22)11-15(2,23)16(17,18)19/h3-6,23H,7-11H2,1-2H3/t15-/m1/s1. The van der Waals surface area contributed by atoms with Gasteiger partial charge in [0, 0.05) is 26.2 Å². The summed E-state index contributed by atoms with van der Waals surface area (Å²) in [7, 11) is -3.72. The molecular formula is C16H21F3N2O4S. The molecule has 0 bridgehead atoms. The van der Waals surface area contributed by atoms with Crippen LogP contribution in [0.3, 0.4) is 0 Å². The monoisotopic (exact) mass is 394 g/mol. The largest absolute Gasteiger partial charge is 0.417 e. The number of hydrogen-bond donors (Lipinski definition) is 1. The first-order valence-electron chi connectivity index (χ1n) is 7.98. The Morgan fingerprint density at radius 3 is 2.08 bits per heavy atom. The number of carbonyl (C=O) groups is 1. The Kier molecular flexibility index (Phi) is 5.69. The van der Waals surface area contributed by atoms with Crippen LogP contribution in [0.4, 0.5) is 13.2 Å². The zero-order valence-corrected chi connectivity index (χ0v) is 15.3. The predicted molar refractivity (Wildman–Crippen MR) is 87.8 cm³/mol. The van der Waals surface area contributed by atoms with Gasteiger partial charge in [-0.2, -0.15) is 17.5 Å². The highest BCUT2D eigenvalue weighted by molar-refractivity contribution is 7.89. The number of piperazine rings is 1. The highest BCUT2D eigenvalue weighted by Gasteiger charge is 2.51. The lowest BCUT2D eigenvalue weighted by atomic mass is 10.0. The molecule has 1 aliphatic heterocycles. The molecule has 146 valence electrons. The Hall–Kier alpha value is -1.65. The van der Waals surface area contributed by atoms with Gasteiger partial charge >= 0.3 is 6.18 Å². The van der Waals surface area contributed by atoms with Crippen LogP contribution in [0.5, 0.6) is 0 Å². The molecule has 1 atom stereocenters. The number of amides is 1. The number of aryl methyl sites for hydroxylation is 1. The summed E-state index contributed by atoms with van der Waals surface area (Å²) in [5.41, 5.74) is -2.20. The summed E-state index contributed by atoms with van der Waals surface area (Å²) in [4.78, 5) is 13.3. The molecule has 1 amide bonds. The van der Waals surface area contributed by atoms with Crippen LogP contribution in [-0.4, -0.2) is 66.6 Å². The van der Waals surface area contributed by atoms with Gasteiger partial charge in [0.1, 0.15) is 0 Å². The van der Waals surface area contributed by atoms with E-state index in [4.69, 9.17) is 0 Å². The highest BCUT2D eigenvalue weighted by atomic mass is 32.2. The summed E-state index contributed by atoms with van der Waals surface area (Å²) < 4.78 is 64.4. The molecule has 1 aliphatic rings. The lowest BCUT2D eigenvalue weighted by Crippen LogP contribution is -2.53. The van der Waals surface area contributed by atoms with Crippen molar-refractivity contribution in [1.82, 2.24) is 9.21 Å². The molecule has 0 unspecified atom stereocenters. The van der Waals surface area contributed by atoms with E-state index in [1.807, 2.05) is 6.92 Å². The van der Waals surface area contributed by atoms with Crippen LogP contribution in [0.25, 0.3) is 0 Å². The third kappa shape index (κ3) is 4.36. The van der Waals surface area contributed by atoms with Gasteiger partial charge in [0.25, 0.3) is 0 Å². The highest BCUT2D eigenvalue weighted by Crippen LogP contribution is 2.33. The molecule has 0 radical (unpaired) electrons. The molecule has 1 saturated heterocycles. The fraction of sp³-hybridized carbons (Fsp3) is 0.562. The molecule has 10 heteroatoms. The zero-order valence-electron chi connectivity index (χ0n) is 14.5. The number of aliphatic hydroxyl groups is 1. The average molecular weight is 394 g/mol. The summed E-state index contributed by atoms with van der Waals surface area (Å²) >= 11 is 0. The maximum Gasteiger partial charge on any atom is 0.417 e. The van der Waals surface area contributed by atoms with E-state index in [2.05, 4.69) is 0 Å². The fourth-order valence-electron chi connectivity index (χ4n) is 2.54. The van der Waals surface area contributed by atoms with E-state index in [1.54, 1.807) is 12.1 Å². The molecule has 6 nitrogen and oxygen atoms in total. The van der Waals surface area contributed by atoms with E-state index in [0.717, 1.165) is 10.5 Å². The van der Waals surface area contributed by atoms with Crippen molar-refractivity contribution in [3.63, 3.8) is 0 Å². The molecule has 1 heterocycles. The summed E-state index contributed by atoms with van der Waals surface area (Å²) in [5, 5.41) is 9.43. The molecule has 0 aromatic heterocycles. The number of sulfonamides is 1. The van der Waals surface area contributed by atoms with Gasteiger partial charge in [-0.1, -0.05) is 17.7 Å². The first-order chi connectivity index (χ1) is 11.8. The van der Waals surface area contributed by atoms with Crippen LogP contribution in [0.1, 0.15) is 18.9 Å². The van der Waals surface area contributed by atoms with Crippen LogP contribution in [0.2, 0.25) is 0 Å². The number of hydrogen-bond acceptors (Lipinski definition) is 4. The number of carbonyl (C=O) groups excluding carboxylic acids is 1. The summed E-state index contributed by atoms with van der Waals surface area (Å²) in [6.45, 7) is 2.28. The van der Waals surface area contributed by atoms with E-state index < -0.39 is 34.1 Å². The van der Waals surface area contributed by atoms with E-state index in [-0.39, 0.29) is 31.1 Å². The van der Waals surface area contributed by atoms with E-state index in [0.29, 0.717) is 6.92 Å². The van der Waals surface area contributed by atoms with E-state index in [1.165, 1.54) is 16.4 Å². The van der Waals surface area contributed by atoms with E-state index in [9.17, 15) is 31.5 Å². The molecule has 0 spiro atoms. The Balaban J connectivity index is 2.00. The van der Waals surface area contributed by atoms with E-state index >= 15 is 0 Å². The molecule has 0 saturated carbocycles. The minimum Gasteiger partial charge on any atom is -0.380 e. The normalized spacial score (nSPS) is 19.2. The van der Waals surface area contributed by atoms with Gasteiger partial charge < -0.3 is 10.0 Å². The van der Waals surface area contributed by atoms with Crippen LogP contribution in [0, 0.1) is 6.92 Å². The van der Waals surface area contributed by atoms with Gasteiger partial charge in [-0.3, -0.25) is 4.79 Å². The molecule has 1 N–H and O–H groups in total. The maximum atomic E-state index is 12.7. The third-order valence-electron chi connectivity index (χ3n) is 4.36. The molecule has 0 aliphatic carbocycles. The number of benzene rings is 1. The second-order valence-electron chi connectivity index (χ2n) is 6.55. The van der Waals surface area contributed by atoms with Gasteiger partial charge in [0.05, 0.1) is 11.3 Å². The third-order valence-corrected chi connectivity index (χ3v) is 6.27. The smallest absolute Gasteiger partial charge is 0.380 e. The van der Waals surface area contributed by atoms with Crippen LogP contribution in [-0.2, 0) is 14.8 Å². The maximum absolute atomic E-state index is 12.7. The van der Waals surface area contributed by atoms with Crippen molar-refractivity contribution in [1.29, 1.82) is 0 Å². The van der Waals surface area contributed by atoms with Crippen molar-refractivity contribution in [2.75, 3.05) is 26.2 Å². The average Bonchev–Trinajstić information content (AvgIpc) is 2.54. The molecule has 1 fully saturated rings. The first kappa shape index (κ1) is 20.7. The van der Waals surface area contributed by atoms with Crippen molar-refractivity contribution < 1.29 is 31.5 Å². The topological polar surface area (TPSA) is 77.9 Å². The number of nitrogens with zero attached hydrogens (tertiary/aromatic N) is 2. The fourth-order valence-corrected chi connectivity index (χ4v) is 3.97. The van der Waals surface area contributed by atoms with Gasteiger partial charge in [-0.25, -0.2) is 8.42 Å².